The summed E-state index contributed by atoms with van der Waals surface area (Å²) in [6.45, 7) is -0.209. The van der Waals surface area contributed by atoms with Crippen LogP contribution in [0.15, 0.2) is 97.4 Å². The molecular weight excluding hydrogens is 726 g/mol. The summed E-state index contributed by atoms with van der Waals surface area (Å²) in [6, 6.07) is 24.3. The number of aliphatic hydroxyl groups is 1. The second-order valence-electron chi connectivity index (χ2n) is 11.0. The van der Waals surface area contributed by atoms with Gasteiger partial charge in [0.2, 0.25) is 16.9 Å². The fourth-order valence-electron chi connectivity index (χ4n) is 5.54. The summed E-state index contributed by atoms with van der Waals surface area (Å²) in [4.78, 5) is 20.0. The second kappa shape index (κ2) is 15.3. The predicted octanol–water partition coefficient (Wildman–Crippen LogP) is 8.01. The van der Waals surface area contributed by atoms with Crippen LogP contribution in [0.2, 0.25) is 0 Å². The largest absolute Gasteiger partial charge is 0.496 e. The summed E-state index contributed by atoms with van der Waals surface area (Å²) in [5.41, 5.74) is 2.74. The van der Waals surface area contributed by atoms with Gasteiger partial charge in [-0.15, -0.1) is 11.8 Å². The van der Waals surface area contributed by atoms with E-state index in [0.717, 1.165) is 31.5 Å². The number of hydrogen-bond donors (Lipinski definition) is 1. The molecule has 6 aromatic rings. The Bertz CT molecular complexity index is 2210. The van der Waals surface area contributed by atoms with E-state index in [1.807, 2.05) is 54.6 Å². The number of pyridine rings is 1. The number of para-hydroxylation sites is 1. The third-order valence-electron chi connectivity index (χ3n) is 7.95. The first-order chi connectivity index (χ1) is 24.3. The van der Waals surface area contributed by atoms with Crippen molar-refractivity contribution in [2.24, 2.45) is 0 Å². The van der Waals surface area contributed by atoms with Crippen molar-refractivity contribution in [1.82, 2.24) is 4.98 Å². The zero-order chi connectivity index (χ0) is 35.4. The minimum Gasteiger partial charge on any atom is -0.496 e. The summed E-state index contributed by atoms with van der Waals surface area (Å²) in [5, 5.41) is 12.4. The van der Waals surface area contributed by atoms with Gasteiger partial charge in [0.25, 0.3) is 0 Å². The van der Waals surface area contributed by atoms with Crippen molar-refractivity contribution in [2.45, 2.75) is 11.0 Å². The number of halogens is 1. The summed E-state index contributed by atoms with van der Waals surface area (Å²) in [5.74, 6) is 1.98. The molecule has 10 nitrogen and oxygen atoms in total. The molecule has 0 aliphatic heterocycles. The van der Waals surface area contributed by atoms with E-state index in [0.29, 0.717) is 28.6 Å². The Morgan fingerprint density at radius 2 is 1.52 bits per heavy atom. The van der Waals surface area contributed by atoms with Gasteiger partial charge in [0.05, 0.1) is 52.9 Å². The van der Waals surface area contributed by atoms with E-state index in [-0.39, 0.29) is 40.6 Å². The Hall–Kier alpha value is -4.91. The van der Waals surface area contributed by atoms with Crippen LogP contribution in [0.1, 0.15) is 0 Å². The van der Waals surface area contributed by atoms with Gasteiger partial charge < -0.3 is 37.9 Å². The molecule has 0 radical (unpaired) electrons. The maximum Gasteiger partial charge on any atom is 0.239 e. The van der Waals surface area contributed by atoms with Crippen LogP contribution in [0.25, 0.3) is 44.5 Å². The third kappa shape index (κ3) is 6.91. The smallest absolute Gasteiger partial charge is 0.239 e. The molecule has 12 heteroatoms. The van der Waals surface area contributed by atoms with Crippen LogP contribution in [-0.2, 0) is 0 Å². The van der Waals surface area contributed by atoms with Crippen molar-refractivity contribution >= 4 is 49.6 Å². The van der Waals surface area contributed by atoms with Gasteiger partial charge >= 0.3 is 0 Å². The van der Waals surface area contributed by atoms with E-state index in [4.69, 9.17) is 37.8 Å². The second-order valence-corrected chi connectivity index (χ2v) is 12.9. The molecule has 6 rings (SSSR count). The van der Waals surface area contributed by atoms with Crippen LogP contribution in [0.4, 0.5) is 0 Å². The van der Waals surface area contributed by atoms with Crippen LogP contribution in [0.5, 0.6) is 34.5 Å². The van der Waals surface area contributed by atoms with Gasteiger partial charge in [-0.05, 0) is 30.3 Å². The molecule has 2 heterocycles. The van der Waals surface area contributed by atoms with Gasteiger partial charge in [-0.2, -0.15) is 0 Å². The number of aliphatic hydroxyl groups excluding tert-OH is 1. The molecule has 0 fully saturated rings. The van der Waals surface area contributed by atoms with E-state index < -0.39 is 11.5 Å². The zero-order valence-electron chi connectivity index (χ0n) is 27.9. The molecule has 0 saturated heterocycles. The van der Waals surface area contributed by atoms with Crippen molar-refractivity contribution in [3.63, 3.8) is 0 Å². The standard InChI is InChI=1S/C38H34BrNO9S/c1-43-23-16-29(44-2)34-30(17-23)49-36(21-14-31(45-3)37(47-5)32(15-21)46-4)38(35(34)42)48-19-22(41)20-50-33-18-28(24-10-6-8-12-26(24)39)40-27-13-9-7-11-25(27)33/h6-18,22,41H,19-20H2,1-5H3. The van der Waals surface area contributed by atoms with Gasteiger partial charge in [0.15, 0.2) is 17.3 Å². The molecule has 1 atom stereocenters. The Kier molecular flexibility index (Phi) is 10.7. The molecule has 4 aromatic carbocycles. The molecule has 258 valence electrons. The highest BCUT2D eigenvalue weighted by atomic mass is 79.9. The number of methoxy groups -OCH3 is 5. The van der Waals surface area contributed by atoms with E-state index in [9.17, 15) is 9.90 Å². The van der Waals surface area contributed by atoms with E-state index >= 15 is 0 Å². The average Bonchev–Trinajstić information content (AvgIpc) is 3.15. The first kappa shape index (κ1) is 34.9. The molecule has 0 aliphatic rings. The average molecular weight is 761 g/mol. The molecule has 50 heavy (non-hydrogen) atoms. The molecule has 0 bridgehead atoms. The number of hydrogen-bond acceptors (Lipinski definition) is 11. The summed E-state index contributed by atoms with van der Waals surface area (Å²) >= 11 is 5.11. The molecule has 0 amide bonds. The molecule has 0 aliphatic carbocycles. The Labute approximate surface area is 301 Å². The monoisotopic (exact) mass is 759 g/mol. The quantitative estimate of drug-likeness (QED) is 0.115. The maximum absolute atomic E-state index is 14.2. The van der Waals surface area contributed by atoms with Gasteiger partial charge in [-0.3, -0.25) is 4.79 Å². The number of thioether (sulfide) groups is 1. The minimum absolute atomic E-state index is 0.0927. The van der Waals surface area contributed by atoms with Crippen molar-refractivity contribution in [3.05, 3.63) is 93.6 Å². The van der Waals surface area contributed by atoms with Crippen LogP contribution in [0, 0.1) is 0 Å². The molecule has 0 spiro atoms. The molecular formula is C38H34BrNO9S. The number of benzene rings is 4. The number of ether oxygens (including phenoxy) is 6. The lowest BCUT2D eigenvalue weighted by Crippen LogP contribution is -2.23. The van der Waals surface area contributed by atoms with Gasteiger partial charge in [0.1, 0.15) is 29.1 Å². The van der Waals surface area contributed by atoms with E-state index in [1.54, 1.807) is 24.3 Å². The highest BCUT2D eigenvalue weighted by Crippen LogP contribution is 2.44. The summed E-state index contributed by atoms with van der Waals surface area (Å²) < 4.78 is 41.0. The van der Waals surface area contributed by atoms with Crippen LogP contribution < -0.4 is 33.8 Å². The lowest BCUT2D eigenvalue weighted by molar-refractivity contribution is 0.125. The van der Waals surface area contributed by atoms with Crippen molar-refractivity contribution < 1.29 is 37.9 Å². The Morgan fingerprint density at radius 1 is 0.820 bits per heavy atom. The molecule has 1 unspecified atom stereocenters. The number of aromatic nitrogens is 1. The van der Waals surface area contributed by atoms with Crippen LogP contribution in [0.3, 0.4) is 0 Å². The van der Waals surface area contributed by atoms with Crippen molar-refractivity contribution in [2.75, 3.05) is 47.9 Å². The van der Waals surface area contributed by atoms with Crippen molar-refractivity contribution in [3.8, 4) is 57.1 Å². The fraction of sp³-hybridized carbons (Fsp3) is 0.211. The lowest BCUT2D eigenvalue weighted by Gasteiger charge is -2.18. The third-order valence-corrected chi connectivity index (χ3v) is 9.84. The topological polar surface area (TPSA) is 119 Å². The summed E-state index contributed by atoms with van der Waals surface area (Å²) in [6.07, 6.45) is -0.973. The van der Waals surface area contributed by atoms with Gasteiger partial charge in [0, 0.05) is 43.8 Å². The minimum atomic E-state index is -0.973. The normalized spacial score (nSPS) is 11.7. The summed E-state index contributed by atoms with van der Waals surface area (Å²) in [7, 11) is 7.44. The molecule has 1 N–H and O–H groups in total. The zero-order valence-corrected chi connectivity index (χ0v) is 30.3. The molecule has 0 saturated carbocycles. The van der Waals surface area contributed by atoms with Gasteiger partial charge in [-0.1, -0.05) is 52.3 Å². The lowest BCUT2D eigenvalue weighted by atomic mass is 10.1. The Morgan fingerprint density at radius 3 is 2.20 bits per heavy atom. The van der Waals surface area contributed by atoms with Crippen molar-refractivity contribution in [1.29, 1.82) is 0 Å². The number of fused-ring (bicyclic) bond motifs is 2. The van der Waals surface area contributed by atoms with Crippen LogP contribution in [-0.4, -0.2) is 64.1 Å². The fourth-order valence-corrected chi connectivity index (χ4v) is 7.02. The first-order valence-corrected chi connectivity index (χ1v) is 17.2. The highest BCUT2D eigenvalue weighted by molar-refractivity contribution is 9.10. The SMILES string of the molecule is COc1cc(OC)c2c(=O)c(OCC(O)CSc3cc(-c4ccccc4Br)nc4ccccc34)c(-c3cc(OC)c(OC)c(OC)c3)oc2c1. The highest BCUT2D eigenvalue weighted by Gasteiger charge is 2.25. The van der Waals surface area contributed by atoms with Crippen LogP contribution >= 0.6 is 27.7 Å². The van der Waals surface area contributed by atoms with E-state index in [1.165, 1.54) is 47.3 Å². The number of nitrogens with zero attached hydrogens (tertiary/aromatic N) is 1. The van der Waals surface area contributed by atoms with E-state index in [2.05, 4.69) is 15.9 Å². The maximum atomic E-state index is 14.2. The Balaban J connectivity index is 1.36. The number of rotatable bonds is 13. The molecule has 2 aromatic heterocycles. The first-order valence-electron chi connectivity index (χ1n) is 15.4. The van der Waals surface area contributed by atoms with Gasteiger partial charge in [-0.25, -0.2) is 4.98 Å². The predicted molar refractivity (Wildman–Crippen MR) is 198 cm³/mol.